The Labute approximate surface area is 160 Å². The molecule has 27 heavy (non-hydrogen) atoms. The zero-order chi connectivity index (χ0) is 19.2. The molecule has 1 aromatic rings. The van der Waals surface area contributed by atoms with Crippen LogP contribution >= 0.6 is 0 Å². The molecular weight excluding hydrogens is 346 g/mol. The van der Waals surface area contributed by atoms with Crippen LogP contribution in [0.15, 0.2) is 24.3 Å². The van der Waals surface area contributed by atoms with E-state index in [-0.39, 0.29) is 23.6 Å². The van der Waals surface area contributed by atoms with Gasteiger partial charge in [0.25, 0.3) is 0 Å². The molecule has 2 atom stereocenters. The Balaban J connectivity index is 1.53. The number of piperidine rings is 1. The Morgan fingerprint density at radius 2 is 1.96 bits per heavy atom. The van der Waals surface area contributed by atoms with Crippen LogP contribution in [0, 0.1) is 11.8 Å². The van der Waals surface area contributed by atoms with E-state index in [9.17, 15) is 14.7 Å². The lowest BCUT2D eigenvalue weighted by molar-refractivity contribution is -0.117. The summed E-state index contributed by atoms with van der Waals surface area (Å²) in [6, 6.07) is 6.68. The number of rotatable bonds is 4. The van der Waals surface area contributed by atoms with Gasteiger partial charge in [0.05, 0.1) is 13.2 Å². The molecule has 0 saturated carbocycles. The number of carbonyl (C=O) groups is 2. The number of aromatic hydroxyl groups is 1. The summed E-state index contributed by atoms with van der Waals surface area (Å²) < 4.78 is 5.32. The van der Waals surface area contributed by atoms with Gasteiger partial charge in [-0.3, -0.25) is 4.79 Å². The number of carbonyl (C=O) groups excluding carboxylic acids is 2. The van der Waals surface area contributed by atoms with Crippen LogP contribution in [0.3, 0.4) is 0 Å². The largest absolute Gasteiger partial charge is 0.508 e. The molecule has 2 aliphatic rings. The summed E-state index contributed by atoms with van der Waals surface area (Å²) in [7, 11) is 0. The van der Waals surface area contributed by atoms with Gasteiger partial charge in [-0.05, 0) is 30.4 Å². The number of likely N-dealkylation sites (tertiary alicyclic amines) is 1. The molecule has 0 aliphatic carbocycles. The number of nitrogens with one attached hydrogen (secondary N) is 1. The fourth-order valence-electron chi connectivity index (χ4n) is 3.97. The molecule has 0 bridgehead atoms. The molecule has 2 heterocycles. The fraction of sp³-hybridized carbons (Fsp3) is 0.600. The number of anilines is 1. The highest BCUT2D eigenvalue weighted by Gasteiger charge is 2.33. The minimum Gasteiger partial charge on any atom is -0.508 e. The molecule has 3 rings (SSSR count). The van der Waals surface area contributed by atoms with Crippen molar-refractivity contribution in [2.45, 2.75) is 26.2 Å². The van der Waals surface area contributed by atoms with Crippen molar-refractivity contribution in [3.05, 3.63) is 24.3 Å². The average molecular weight is 375 g/mol. The summed E-state index contributed by atoms with van der Waals surface area (Å²) in [4.78, 5) is 28.9. The van der Waals surface area contributed by atoms with Crippen LogP contribution < -0.4 is 5.32 Å². The highest BCUT2D eigenvalue weighted by Crippen LogP contribution is 2.30. The van der Waals surface area contributed by atoms with Crippen LogP contribution in [-0.4, -0.2) is 66.2 Å². The molecule has 2 unspecified atom stereocenters. The Bertz CT molecular complexity index is 660. The first-order valence-electron chi connectivity index (χ1n) is 9.77. The maximum atomic E-state index is 12.7. The number of hydrogen-bond donors (Lipinski definition) is 2. The van der Waals surface area contributed by atoms with Crippen LogP contribution in [0.4, 0.5) is 10.5 Å². The second kappa shape index (κ2) is 9.08. The predicted molar refractivity (Wildman–Crippen MR) is 103 cm³/mol. The summed E-state index contributed by atoms with van der Waals surface area (Å²) in [5.74, 6) is 0.672. The number of phenolic OH excluding ortho intramolecular Hbond substituents is 1. The lowest BCUT2D eigenvalue weighted by Crippen LogP contribution is -2.52. The lowest BCUT2D eigenvalue weighted by atomic mass is 9.81. The van der Waals surface area contributed by atoms with Gasteiger partial charge >= 0.3 is 6.03 Å². The number of phenols is 1. The van der Waals surface area contributed by atoms with Gasteiger partial charge < -0.3 is 25.0 Å². The van der Waals surface area contributed by atoms with Crippen molar-refractivity contribution in [2.24, 2.45) is 11.8 Å². The van der Waals surface area contributed by atoms with Gasteiger partial charge in [0, 0.05) is 44.4 Å². The second-order valence-corrected chi connectivity index (χ2v) is 7.35. The summed E-state index contributed by atoms with van der Waals surface area (Å²) in [5, 5.41) is 12.4. The smallest absolute Gasteiger partial charge is 0.320 e. The van der Waals surface area contributed by atoms with E-state index in [4.69, 9.17) is 4.74 Å². The maximum Gasteiger partial charge on any atom is 0.320 e. The van der Waals surface area contributed by atoms with E-state index in [0.717, 1.165) is 12.8 Å². The van der Waals surface area contributed by atoms with E-state index in [0.29, 0.717) is 57.4 Å². The molecule has 0 aromatic heterocycles. The van der Waals surface area contributed by atoms with E-state index in [2.05, 4.69) is 12.2 Å². The summed E-state index contributed by atoms with van der Waals surface area (Å²) in [5.41, 5.74) is 0.605. The van der Waals surface area contributed by atoms with Gasteiger partial charge in [0.2, 0.25) is 5.91 Å². The monoisotopic (exact) mass is 375 g/mol. The lowest BCUT2D eigenvalue weighted by Gasteiger charge is -2.41. The van der Waals surface area contributed by atoms with Gasteiger partial charge in [-0.15, -0.1) is 0 Å². The Kier molecular flexibility index (Phi) is 6.55. The van der Waals surface area contributed by atoms with Gasteiger partial charge in [0.15, 0.2) is 0 Å². The third kappa shape index (κ3) is 5.13. The van der Waals surface area contributed by atoms with Crippen molar-refractivity contribution >= 4 is 17.6 Å². The van der Waals surface area contributed by atoms with Gasteiger partial charge in [-0.1, -0.05) is 19.4 Å². The Morgan fingerprint density at radius 3 is 2.67 bits per heavy atom. The zero-order valence-electron chi connectivity index (χ0n) is 15.9. The van der Waals surface area contributed by atoms with Crippen LogP contribution in [0.5, 0.6) is 5.75 Å². The molecule has 0 spiro atoms. The number of benzene rings is 1. The summed E-state index contributed by atoms with van der Waals surface area (Å²) in [6.45, 7) is 6.04. The van der Waals surface area contributed by atoms with Crippen LogP contribution in [0.1, 0.15) is 26.2 Å². The van der Waals surface area contributed by atoms with Crippen molar-refractivity contribution in [1.29, 1.82) is 0 Å². The minimum atomic E-state index is -0.0444. The third-order valence-corrected chi connectivity index (χ3v) is 5.55. The maximum absolute atomic E-state index is 12.7. The number of hydrogen-bond acceptors (Lipinski definition) is 4. The SMILES string of the molecule is CCC1CN(C(=O)N2CCOCC2)CCC1CC(=O)Nc1cccc(O)c1. The molecule has 7 nitrogen and oxygen atoms in total. The topological polar surface area (TPSA) is 82.1 Å². The zero-order valence-corrected chi connectivity index (χ0v) is 15.9. The van der Waals surface area contributed by atoms with Gasteiger partial charge in [-0.25, -0.2) is 4.79 Å². The highest BCUT2D eigenvalue weighted by atomic mass is 16.5. The fourth-order valence-corrected chi connectivity index (χ4v) is 3.97. The number of amides is 3. The molecule has 7 heteroatoms. The summed E-state index contributed by atoms with van der Waals surface area (Å²) >= 11 is 0. The molecule has 1 aromatic carbocycles. The molecular formula is C20H29N3O4. The van der Waals surface area contributed by atoms with Gasteiger partial charge in [-0.2, -0.15) is 0 Å². The van der Waals surface area contributed by atoms with E-state index in [1.165, 1.54) is 0 Å². The first kappa shape index (κ1) is 19.5. The van der Waals surface area contributed by atoms with Crippen LogP contribution in [-0.2, 0) is 9.53 Å². The minimum absolute atomic E-state index is 0.0444. The van der Waals surface area contributed by atoms with E-state index in [1.807, 2.05) is 9.80 Å². The van der Waals surface area contributed by atoms with Crippen molar-refractivity contribution in [3.63, 3.8) is 0 Å². The standard InChI is InChI=1S/C20H29N3O4/c1-2-15-14-23(20(26)22-8-10-27-11-9-22)7-6-16(15)12-19(25)21-17-4-3-5-18(24)13-17/h3-5,13,15-16,24H,2,6-12,14H2,1H3,(H,21,25). The van der Waals surface area contributed by atoms with Crippen molar-refractivity contribution in [3.8, 4) is 5.75 Å². The predicted octanol–water partition coefficient (Wildman–Crippen LogP) is 2.52. The molecule has 2 N–H and O–H groups in total. The molecule has 148 valence electrons. The Hall–Kier alpha value is -2.28. The Morgan fingerprint density at radius 1 is 1.19 bits per heavy atom. The van der Waals surface area contributed by atoms with E-state index < -0.39 is 0 Å². The normalized spacial score (nSPS) is 23.1. The number of nitrogens with zero attached hydrogens (tertiary/aromatic N) is 2. The third-order valence-electron chi connectivity index (χ3n) is 5.55. The average Bonchev–Trinajstić information content (AvgIpc) is 2.68. The number of urea groups is 1. The summed E-state index contributed by atoms with van der Waals surface area (Å²) in [6.07, 6.45) is 2.22. The second-order valence-electron chi connectivity index (χ2n) is 7.35. The number of ether oxygens (including phenoxy) is 1. The molecule has 2 fully saturated rings. The van der Waals surface area contributed by atoms with Crippen molar-refractivity contribution < 1.29 is 19.4 Å². The first-order chi connectivity index (χ1) is 13.1. The molecule has 2 saturated heterocycles. The van der Waals surface area contributed by atoms with Crippen molar-refractivity contribution in [2.75, 3.05) is 44.7 Å². The highest BCUT2D eigenvalue weighted by molar-refractivity contribution is 5.91. The van der Waals surface area contributed by atoms with E-state index >= 15 is 0 Å². The van der Waals surface area contributed by atoms with Crippen LogP contribution in [0.2, 0.25) is 0 Å². The first-order valence-corrected chi connectivity index (χ1v) is 9.77. The number of morpholine rings is 1. The van der Waals surface area contributed by atoms with Crippen molar-refractivity contribution in [1.82, 2.24) is 9.80 Å². The van der Waals surface area contributed by atoms with E-state index in [1.54, 1.807) is 24.3 Å². The van der Waals surface area contributed by atoms with Crippen LogP contribution in [0.25, 0.3) is 0 Å². The molecule has 0 radical (unpaired) electrons. The van der Waals surface area contributed by atoms with Gasteiger partial charge in [0.1, 0.15) is 5.75 Å². The molecule has 3 amide bonds. The quantitative estimate of drug-likeness (QED) is 0.847. The molecule has 2 aliphatic heterocycles.